The van der Waals surface area contributed by atoms with Crippen molar-refractivity contribution < 1.29 is 19.4 Å². The van der Waals surface area contributed by atoms with Crippen molar-refractivity contribution in [2.45, 2.75) is 6.92 Å². The van der Waals surface area contributed by atoms with Crippen LogP contribution in [0.5, 0.6) is 11.5 Å². The molecule has 7 nitrogen and oxygen atoms in total. The zero-order valence-electron chi connectivity index (χ0n) is 15.0. The predicted octanol–water partition coefficient (Wildman–Crippen LogP) is 3.17. The van der Waals surface area contributed by atoms with Crippen molar-refractivity contribution >= 4 is 5.97 Å². The molecule has 0 saturated carbocycles. The van der Waals surface area contributed by atoms with Crippen molar-refractivity contribution in [1.82, 2.24) is 14.8 Å². The Morgan fingerprint density at radius 3 is 2.54 bits per heavy atom. The molecule has 134 valence electrons. The molecule has 26 heavy (non-hydrogen) atoms. The molecule has 1 N–H and O–H groups in total. The highest BCUT2D eigenvalue weighted by Gasteiger charge is 2.26. The zero-order chi connectivity index (χ0) is 18.8. The first-order valence-electron chi connectivity index (χ1n) is 7.91. The van der Waals surface area contributed by atoms with Crippen LogP contribution >= 0.6 is 0 Å². The van der Waals surface area contributed by atoms with Gasteiger partial charge in [-0.05, 0) is 36.8 Å². The lowest BCUT2D eigenvalue weighted by molar-refractivity contribution is 0.0690. The van der Waals surface area contributed by atoms with Crippen LogP contribution in [-0.4, -0.2) is 40.1 Å². The molecular weight excluding hydrogens is 334 g/mol. The van der Waals surface area contributed by atoms with E-state index in [0.717, 1.165) is 5.56 Å². The van der Waals surface area contributed by atoms with E-state index >= 15 is 0 Å². The van der Waals surface area contributed by atoms with Gasteiger partial charge in [0.1, 0.15) is 11.5 Å². The fourth-order valence-electron chi connectivity index (χ4n) is 2.96. The Balaban J connectivity index is 2.40. The number of aromatic carboxylic acids is 1. The van der Waals surface area contributed by atoms with E-state index in [1.807, 2.05) is 13.0 Å². The van der Waals surface area contributed by atoms with Crippen LogP contribution in [0.4, 0.5) is 0 Å². The summed E-state index contributed by atoms with van der Waals surface area (Å²) in [5.41, 5.74) is 3.37. The van der Waals surface area contributed by atoms with Gasteiger partial charge in [0, 0.05) is 36.1 Å². The Labute approximate surface area is 150 Å². The molecule has 0 aliphatic heterocycles. The van der Waals surface area contributed by atoms with Gasteiger partial charge in [-0.1, -0.05) is 0 Å². The van der Waals surface area contributed by atoms with Crippen LogP contribution in [0.3, 0.4) is 0 Å². The molecule has 0 spiro atoms. The highest BCUT2D eigenvalue weighted by Crippen LogP contribution is 2.41. The maximum Gasteiger partial charge on any atom is 0.357 e. The summed E-state index contributed by atoms with van der Waals surface area (Å²) >= 11 is 0. The monoisotopic (exact) mass is 353 g/mol. The first kappa shape index (κ1) is 17.5. The third-order valence-electron chi connectivity index (χ3n) is 4.22. The van der Waals surface area contributed by atoms with Gasteiger partial charge in [-0.15, -0.1) is 0 Å². The van der Waals surface area contributed by atoms with Gasteiger partial charge in [-0.3, -0.25) is 9.67 Å². The Morgan fingerprint density at radius 2 is 1.92 bits per heavy atom. The summed E-state index contributed by atoms with van der Waals surface area (Å²) in [6, 6.07) is 7.20. The lowest BCUT2D eigenvalue weighted by Gasteiger charge is -2.14. The highest BCUT2D eigenvalue weighted by molar-refractivity contribution is 6.00. The van der Waals surface area contributed by atoms with Crippen LogP contribution < -0.4 is 9.47 Å². The van der Waals surface area contributed by atoms with E-state index in [9.17, 15) is 9.90 Å². The number of pyridine rings is 1. The summed E-state index contributed by atoms with van der Waals surface area (Å²) in [5.74, 6) is 0.119. The van der Waals surface area contributed by atoms with E-state index in [2.05, 4.69) is 10.1 Å². The summed E-state index contributed by atoms with van der Waals surface area (Å²) < 4.78 is 12.4. The largest absolute Gasteiger partial charge is 0.497 e. The average molecular weight is 353 g/mol. The molecule has 1 aromatic carbocycles. The van der Waals surface area contributed by atoms with Crippen molar-refractivity contribution in [2.75, 3.05) is 14.2 Å². The summed E-state index contributed by atoms with van der Waals surface area (Å²) in [5, 5.41) is 13.9. The maximum absolute atomic E-state index is 11.8. The van der Waals surface area contributed by atoms with Gasteiger partial charge < -0.3 is 14.6 Å². The van der Waals surface area contributed by atoms with E-state index in [1.54, 1.807) is 56.5 Å². The third-order valence-corrected chi connectivity index (χ3v) is 4.22. The maximum atomic E-state index is 11.8. The molecule has 3 rings (SSSR count). The first-order chi connectivity index (χ1) is 12.5. The Hall–Kier alpha value is -3.35. The van der Waals surface area contributed by atoms with Gasteiger partial charge in [0.25, 0.3) is 0 Å². The number of methoxy groups -OCH3 is 2. The summed E-state index contributed by atoms with van der Waals surface area (Å²) in [7, 11) is 4.84. The van der Waals surface area contributed by atoms with Gasteiger partial charge in [0.05, 0.1) is 19.9 Å². The van der Waals surface area contributed by atoms with E-state index in [1.165, 1.54) is 0 Å². The van der Waals surface area contributed by atoms with Crippen LogP contribution in [0.1, 0.15) is 16.1 Å². The number of carbonyl (C=O) groups is 1. The third kappa shape index (κ3) is 2.88. The molecule has 2 aromatic heterocycles. The number of aryl methyl sites for hydroxylation is 2. The number of hydrogen-bond acceptors (Lipinski definition) is 5. The lowest BCUT2D eigenvalue weighted by Crippen LogP contribution is -2.01. The quantitative estimate of drug-likeness (QED) is 0.758. The van der Waals surface area contributed by atoms with E-state index in [0.29, 0.717) is 33.9 Å². The predicted molar refractivity (Wildman–Crippen MR) is 96.7 cm³/mol. The normalized spacial score (nSPS) is 10.6. The minimum atomic E-state index is -1.10. The van der Waals surface area contributed by atoms with Crippen molar-refractivity contribution in [3.05, 3.63) is 47.9 Å². The van der Waals surface area contributed by atoms with Crippen LogP contribution in [0.15, 0.2) is 36.7 Å². The second kappa shape index (κ2) is 6.87. The minimum Gasteiger partial charge on any atom is -0.497 e. The number of hydrogen-bond donors (Lipinski definition) is 1. The summed E-state index contributed by atoms with van der Waals surface area (Å²) in [4.78, 5) is 16.0. The molecule has 3 aromatic rings. The van der Waals surface area contributed by atoms with E-state index in [-0.39, 0.29) is 5.69 Å². The fourth-order valence-corrected chi connectivity index (χ4v) is 2.96. The molecule has 0 aliphatic rings. The molecule has 2 heterocycles. The number of benzene rings is 1. The molecule has 0 fully saturated rings. The standard InChI is InChI=1S/C19H19N3O4/c1-11-7-8-20-10-14(11)16-17(19(23)24)21-22(2)18(16)13-9-12(25-3)5-6-15(13)26-4/h5-10H,1-4H3,(H,23,24). The van der Waals surface area contributed by atoms with Gasteiger partial charge >= 0.3 is 5.97 Å². The number of aromatic nitrogens is 3. The Bertz CT molecular complexity index is 979. The van der Waals surface area contributed by atoms with E-state index < -0.39 is 5.97 Å². The number of nitrogens with zero attached hydrogens (tertiary/aromatic N) is 3. The van der Waals surface area contributed by atoms with Crippen molar-refractivity contribution in [2.24, 2.45) is 7.05 Å². The lowest BCUT2D eigenvalue weighted by atomic mass is 9.96. The van der Waals surface area contributed by atoms with Crippen LogP contribution in [0.25, 0.3) is 22.4 Å². The van der Waals surface area contributed by atoms with E-state index in [4.69, 9.17) is 9.47 Å². The Morgan fingerprint density at radius 1 is 1.15 bits per heavy atom. The molecule has 0 bridgehead atoms. The highest BCUT2D eigenvalue weighted by atomic mass is 16.5. The van der Waals surface area contributed by atoms with Crippen LogP contribution in [0.2, 0.25) is 0 Å². The molecule has 0 aliphatic carbocycles. The average Bonchev–Trinajstić information content (AvgIpc) is 2.98. The second-order valence-electron chi connectivity index (χ2n) is 5.76. The molecule has 0 atom stereocenters. The number of ether oxygens (including phenoxy) is 2. The van der Waals surface area contributed by atoms with Crippen molar-refractivity contribution in [3.8, 4) is 33.9 Å². The van der Waals surface area contributed by atoms with Gasteiger partial charge in [-0.25, -0.2) is 4.79 Å². The first-order valence-corrected chi connectivity index (χ1v) is 7.91. The smallest absolute Gasteiger partial charge is 0.357 e. The van der Waals surface area contributed by atoms with Crippen molar-refractivity contribution in [3.63, 3.8) is 0 Å². The van der Waals surface area contributed by atoms with Crippen molar-refractivity contribution in [1.29, 1.82) is 0 Å². The fraction of sp³-hybridized carbons (Fsp3) is 0.211. The second-order valence-corrected chi connectivity index (χ2v) is 5.76. The van der Waals surface area contributed by atoms with Gasteiger partial charge in [0.15, 0.2) is 5.69 Å². The van der Waals surface area contributed by atoms with Gasteiger partial charge in [0.2, 0.25) is 0 Å². The van der Waals surface area contributed by atoms with Crippen LogP contribution in [0, 0.1) is 6.92 Å². The minimum absolute atomic E-state index is 0.0385. The molecule has 0 amide bonds. The number of rotatable bonds is 5. The molecule has 0 unspecified atom stereocenters. The molecular formula is C19H19N3O4. The zero-order valence-corrected chi connectivity index (χ0v) is 15.0. The van der Waals surface area contributed by atoms with Crippen LogP contribution in [-0.2, 0) is 7.05 Å². The summed E-state index contributed by atoms with van der Waals surface area (Å²) in [6.45, 7) is 1.90. The topological polar surface area (TPSA) is 86.5 Å². The number of carboxylic acids is 1. The summed E-state index contributed by atoms with van der Waals surface area (Å²) in [6.07, 6.45) is 3.32. The SMILES string of the molecule is COc1ccc(OC)c(-c2c(-c3cnccc3C)c(C(=O)O)nn2C)c1. The Kier molecular flexibility index (Phi) is 4.62. The molecule has 0 radical (unpaired) electrons. The van der Waals surface area contributed by atoms with Gasteiger partial charge in [-0.2, -0.15) is 5.10 Å². The molecule has 7 heteroatoms. The number of carboxylic acid groups (broad SMARTS) is 1. The molecule has 0 saturated heterocycles.